The second-order valence-corrected chi connectivity index (χ2v) is 6.30. The summed E-state index contributed by atoms with van der Waals surface area (Å²) in [5, 5.41) is 0. The predicted molar refractivity (Wildman–Crippen MR) is 82.4 cm³/mol. The van der Waals surface area contributed by atoms with Crippen molar-refractivity contribution in [2.45, 2.75) is 4.90 Å². The minimum absolute atomic E-state index is 0.147. The van der Waals surface area contributed by atoms with E-state index in [1.165, 1.54) is 12.1 Å². The van der Waals surface area contributed by atoms with E-state index in [0.29, 0.717) is 11.4 Å². The fourth-order valence-electron chi connectivity index (χ4n) is 1.72. The molecule has 0 amide bonds. The van der Waals surface area contributed by atoms with Crippen molar-refractivity contribution in [1.29, 1.82) is 0 Å². The van der Waals surface area contributed by atoms with Crippen LogP contribution in [0.25, 0.3) is 0 Å². The van der Waals surface area contributed by atoms with E-state index in [-0.39, 0.29) is 4.90 Å². The molecule has 2 rings (SSSR count). The Morgan fingerprint density at radius 3 is 2.25 bits per heavy atom. The molecule has 0 heterocycles. The lowest BCUT2D eigenvalue weighted by molar-refractivity contribution is 0.601. The number of anilines is 3. The molecule has 0 saturated carbocycles. The fourth-order valence-corrected chi connectivity index (χ4v) is 2.84. The van der Waals surface area contributed by atoms with Crippen molar-refractivity contribution in [1.82, 2.24) is 0 Å². The molecule has 3 N–H and O–H groups in total. The van der Waals surface area contributed by atoms with Crippen molar-refractivity contribution < 1.29 is 8.42 Å². The zero-order valence-corrected chi connectivity index (χ0v) is 12.2. The van der Waals surface area contributed by atoms with Gasteiger partial charge in [0.1, 0.15) is 0 Å². The molecule has 0 atom stereocenters. The van der Waals surface area contributed by atoms with Gasteiger partial charge in [-0.2, -0.15) is 0 Å². The average Bonchev–Trinajstić information content (AvgIpc) is 2.39. The van der Waals surface area contributed by atoms with Gasteiger partial charge in [-0.15, -0.1) is 0 Å². The van der Waals surface area contributed by atoms with Crippen LogP contribution in [-0.2, 0) is 10.0 Å². The molecule has 0 fully saturated rings. The number of nitrogens with one attached hydrogen (secondary N) is 1. The van der Waals surface area contributed by atoms with Gasteiger partial charge in [0.2, 0.25) is 0 Å². The molecule has 0 bridgehead atoms. The summed E-state index contributed by atoms with van der Waals surface area (Å²) >= 11 is 0. The summed E-state index contributed by atoms with van der Waals surface area (Å²) < 4.78 is 26.9. The Morgan fingerprint density at radius 1 is 1.05 bits per heavy atom. The van der Waals surface area contributed by atoms with Gasteiger partial charge in [0.05, 0.1) is 4.90 Å². The van der Waals surface area contributed by atoms with Gasteiger partial charge < -0.3 is 10.6 Å². The van der Waals surface area contributed by atoms with Gasteiger partial charge in [-0.25, -0.2) is 8.42 Å². The highest BCUT2D eigenvalue weighted by Crippen LogP contribution is 2.20. The van der Waals surface area contributed by atoms with Crippen LogP contribution in [0.3, 0.4) is 0 Å². The summed E-state index contributed by atoms with van der Waals surface area (Å²) in [6.45, 7) is 0. The molecule has 0 aliphatic carbocycles. The van der Waals surface area contributed by atoms with Gasteiger partial charge in [0.15, 0.2) is 0 Å². The molecule has 0 aromatic heterocycles. The number of nitrogens with two attached hydrogens (primary N) is 1. The highest BCUT2D eigenvalue weighted by Gasteiger charge is 2.14. The summed E-state index contributed by atoms with van der Waals surface area (Å²) in [5.74, 6) is 0. The van der Waals surface area contributed by atoms with Crippen LogP contribution < -0.4 is 15.4 Å². The van der Waals surface area contributed by atoms with Gasteiger partial charge in [-0.1, -0.05) is 6.07 Å². The number of sulfonamides is 1. The normalized spacial score (nSPS) is 11.1. The van der Waals surface area contributed by atoms with Crippen LogP contribution in [0.2, 0.25) is 0 Å². The lowest BCUT2D eigenvalue weighted by atomic mass is 10.3. The third-order valence-corrected chi connectivity index (χ3v) is 4.18. The maximum Gasteiger partial charge on any atom is 0.261 e. The summed E-state index contributed by atoms with van der Waals surface area (Å²) in [6.07, 6.45) is 0. The SMILES string of the molecule is CN(C)c1ccc(NS(=O)(=O)c2cccc(N)c2)cc1. The van der Waals surface area contributed by atoms with Crippen molar-refractivity contribution in [2.24, 2.45) is 0 Å². The number of nitrogen functional groups attached to an aromatic ring is 1. The highest BCUT2D eigenvalue weighted by molar-refractivity contribution is 7.92. The first-order chi connectivity index (χ1) is 9.38. The fraction of sp³-hybridized carbons (Fsp3) is 0.143. The number of nitrogens with zero attached hydrogens (tertiary/aromatic N) is 1. The lowest BCUT2D eigenvalue weighted by Gasteiger charge is -2.13. The molecule has 0 aliphatic heterocycles. The number of rotatable bonds is 4. The molecule has 20 heavy (non-hydrogen) atoms. The van der Waals surface area contributed by atoms with Crippen LogP contribution in [0, 0.1) is 0 Å². The van der Waals surface area contributed by atoms with Gasteiger partial charge >= 0.3 is 0 Å². The van der Waals surface area contributed by atoms with Crippen molar-refractivity contribution in [2.75, 3.05) is 29.5 Å². The molecule has 6 heteroatoms. The first-order valence-electron chi connectivity index (χ1n) is 6.04. The molecule has 0 radical (unpaired) electrons. The third kappa shape index (κ3) is 3.21. The standard InChI is InChI=1S/C14H17N3O2S/c1-17(2)13-8-6-12(7-9-13)16-20(18,19)14-5-3-4-11(15)10-14/h3-10,16H,15H2,1-2H3. The Balaban J connectivity index is 2.24. The maximum atomic E-state index is 12.2. The summed E-state index contributed by atoms with van der Waals surface area (Å²) in [4.78, 5) is 2.09. The quantitative estimate of drug-likeness (QED) is 0.846. The highest BCUT2D eigenvalue weighted by atomic mass is 32.2. The molecule has 0 aliphatic rings. The second kappa shape index (κ2) is 5.42. The van der Waals surface area contributed by atoms with E-state index in [2.05, 4.69) is 4.72 Å². The molecule has 2 aromatic carbocycles. The van der Waals surface area contributed by atoms with Crippen molar-refractivity contribution in [3.05, 3.63) is 48.5 Å². The number of hydrogen-bond donors (Lipinski definition) is 2. The van der Waals surface area contributed by atoms with Crippen LogP contribution in [0.5, 0.6) is 0 Å². The van der Waals surface area contributed by atoms with E-state index in [9.17, 15) is 8.42 Å². The molecule has 106 valence electrons. The van der Waals surface area contributed by atoms with Crippen LogP contribution in [0.4, 0.5) is 17.1 Å². The largest absolute Gasteiger partial charge is 0.399 e. The zero-order chi connectivity index (χ0) is 14.8. The van der Waals surface area contributed by atoms with E-state index in [0.717, 1.165) is 5.69 Å². The van der Waals surface area contributed by atoms with Crippen LogP contribution in [-0.4, -0.2) is 22.5 Å². The van der Waals surface area contributed by atoms with Gasteiger partial charge in [-0.3, -0.25) is 4.72 Å². The Bertz CT molecular complexity index is 695. The van der Waals surface area contributed by atoms with Crippen molar-refractivity contribution in [3.8, 4) is 0 Å². The summed E-state index contributed by atoms with van der Waals surface area (Å²) in [5.41, 5.74) is 7.53. The van der Waals surface area contributed by atoms with Gasteiger partial charge in [-0.05, 0) is 42.5 Å². The Hall–Kier alpha value is -2.21. The van der Waals surface area contributed by atoms with Gasteiger partial charge in [0.25, 0.3) is 10.0 Å². The third-order valence-electron chi connectivity index (χ3n) is 2.80. The predicted octanol–water partition coefficient (Wildman–Crippen LogP) is 2.14. The van der Waals surface area contributed by atoms with E-state index in [1.807, 2.05) is 31.1 Å². The molecular weight excluding hydrogens is 274 g/mol. The maximum absolute atomic E-state index is 12.2. The summed E-state index contributed by atoms with van der Waals surface area (Å²) in [7, 11) is 0.233. The number of benzene rings is 2. The molecule has 2 aromatic rings. The average molecular weight is 291 g/mol. The Labute approximate surface area is 119 Å². The minimum Gasteiger partial charge on any atom is -0.399 e. The van der Waals surface area contributed by atoms with Gasteiger partial charge in [0, 0.05) is 31.2 Å². The Kier molecular flexibility index (Phi) is 3.85. The van der Waals surface area contributed by atoms with Crippen molar-refractivity contribution >= 4 is 27.1 Å². The molecule has 0 unspecified atom stereocenters. The van der Waals surface area contributed by atoms with Crippen LogP contribution >= 0.6 is 0 Å². The first kappa shape index (κ1) is 14.2. The summed E-state index contributed by atoms with van der Waals surface area (Å²) in [6, 6.07) is 13.3. The molecule has 0 saturated heterocycles. The molecule has 5 nitrogen and oxygen atoms in total. The molecule has 0 spiro atoms. The second-order valence-electron chi connectivity index (χ2n) is 4.62. The zero-order valence-electron chi connectivity index (χ0n) is 11.4. The first-order valence-corrected chi connectivity index (χ1v) is 7.52. The monoisotopic (exact) mass is 291 g/mol. The molecular formula is C14H17N3O2S. The Morgan fingerprint density at radius 2 is 1.70 bits per heavy atom. The minimum atomic E-state index is -3.61. The topological polar surface area (TPSA) is 75.4 Å². The van der Waals surface area contributed by atoms with Crippen LogP contribution in [0.15, 0.2) is 53.4 Å². The van der Waals surface area contributed by atoms with Crippen molar-refractivity contribution in [3.63, 3.8) is 0 Å². The van der Waals surface area contributed by atoms with E-state index < -0.39 is 10.0 Å². The van der Waals surface area contributed by atoms with Crippen LogP contribution in [0.1, 0.15) is 0 Å². The van der Waals surface area contributed by atoms with E-state index in [1.54, 1.807) is 24.3 Å². The lowest BCUT2D eigenvalue weighted by Crippen LogP contribution is -2.13. The van der Waals surface area contributed by atoms with E-state index >= 15 is 0 Å². The van der Waals surface area contributed by atoms with E-state index in [4.69, 9.17) is 5.73 Å². The smallest absolute Gasteiger partial charge is 0.261 e. The number of hydrogen-bond acceptors (Lipinski definition) is 4.